The molecule has 1 heterocycles. The van der Waals surface area contributed by atoms with E-state index in [2.05, 4.69) is 83.0 Å². The van der Waals surface area contributed by atoms with Crippen LogP contribution in [0.15, 0.2) is 72.8 Å². The van der Waals surface area contributed by atoms with Crippen LogP contribution in [0.4, 0.5) is 5.69 Å². The zero-order valence-electron chi connectivity index (χ0n) is 17.1. The van der Waals surface area contributed by atoms with Crippen molar-refractivity contribution in [1.82, 2.24) is 16.2 Å². The minimum Gasteiger partial charge on any atom is -0.395 e. The molecule has 1 fully saturated rings. The molecule has 3 aromatic carbocycles. The van der Waals surface area contributed by atoms with Gasteiger partial charge >= 0.3 is 0 Å². The van der Waals surface area contributed by atoms with Crippen molar-refractivity contribution < 1.29 is 9.84 Å². The maximum absolute atomic E-state index is 8.90. The number of anilines is 1. The van der Waals surface area contributed by atoms with Crippen LogP contribution in [0.5, 0.6) is 0 Å². The van der Waals surface area contributed by atoms with Crippen LogP contribution in [0.25, 0.3) is 11.1 Å². The van der Waals surface area contributed by atoms with E-state index in [-0.39, 0.29) is 19.2 Å². The van der Waals surface area contributed by atoms with Gasteiger partial charge in [0.15, 0.2) is 12.6 Å². The molecule has 1 saturated heterocycles. The predicted molar refractivity (Wildman–Crippen MR) is 119 cm³/mol. The topological polar surface area (TPSA) is 77.6 Å². The third-order valence-corrected chi connectivity index (χ3v) is 5.20. The normalized spacial score (nSPS) is 18.5. The maximum Gasteiger partial charge on any atom is 0.199 e. The van der Waals surface area contributed by atoms with Gasteiger partial charge in [-0.3, -0.25) is 0 Å². The van der Waals surface area contributed by atoms with Crippen LogP contribution in [0.1, 0.15) is 22.9 Å². The first kappa shape index (κ1) is 20.5. The van der Waals surface area contributed by atoms with Crippen molar-refractivity contribution in [1.29, 1.82) is 0 Å². The molecule has 0 bridgehead atoms. The van der Waals surface area contributed by atoms with Crippen molar-refractivity contribution in [2.45, 2.75) is 26.0 Å². The van der Waals surface area contributed by atoms with Crippen LogP contribution in [0.3, 0.4) is 0 Å². The number of hydrazine groups is 1. The fourth-order valence-corrected chi connectivity index (χ4v) is 3.68. The van der Waals surface area contributed by atoms with Gasteiger partial charge in [-0.05, 0) is 41.3 Å². The predicted octanol–water partition coefficient (Wildman–Crippen LogP) is 3.26. The fourth-order valence-electron chi connectivity index (χ4n) is 3.68. The van der Waals surface area contributed by atoms with E-state index in [0.717, 1.165) is 16.8 Å². The molecule has 0 amide bonds. The number of aliphatic hydroxyl groups excluding tert-OH is 1. The molecule has 6 nitrogen and oxygen atoms in total. The van der Waals surface area contributed by atoms with Crippen LogP contribution in [-0.2, 0) is 11.3 Å². The summed E-state index contributed by atoms with van der Waals surface area (Å²) >= 11 is 0. The molecule has 0 unspecified atom stereocenters. The van der Waals surface area contributed by atoms with E-state index in [1.165, 1.54) is 16.7 Å². The third kappa shape index (κ3) is 4.87. The summed E-state index contributed by atoms with van der Waals surface area (Å²) in [6.07, 6.45) is -0.601. The molecule has 0 saturated carbocycles. The van der Waals surface area contributed by atoms with Gasteiger partial charge in [0.2, 0.25) is 0 Å². The molecule has 0 radical (unpaired) electrons. The number of rotatable bonds is 8. The average Bonchev–Trinajstić information content (AvgIpc) is 3.23. The SMILES string of the molecule is Cc1c(-c2ccccc2)cccc1[C@H]1NN[C@@H](Nc2cccc(CNCCO)c2)O1. The second kappa shape index (κ2) is 9.84. The second-order valence-electron chi connectivity index (χ2n) is 7.32. The van der Waals surface area contributed by atoms with Gasteiger partial charge in [-0.25, -0.2) is 10.9 Å². The minimum atomic E-state index is -0.351. The zero-order chi connectivity index (χ0) is 20.8. The van der Waals surface area contributed by atoms with Crippen LogP contribution >= 0.6 is 0 Å². The maximum atomic E-state index is 8.90. The van der Waals surface area contributed by atoms with Gasteiger partial charge in [-0.2, -0.15) is 0 Å². The largest absolute Gasteiger partial charge is 0.395 e. The molecule has 6 heteroatoms. The van der Waals surface area contributed by atoms with Crippen LogP contribution in [-0.4, -0.2) is 24.6 Å². The van der Waals surface area contributed by atoms with Crippen molar-refractivity contribution in [3.05, 3.63) is 89.5 Å². The summed E-state index contributed by atoms with van der Waals surface area (Å²) in [6, 6.07) is 24.8. The highest BCUT2D eigenvalue weighted by Crippen LogP contribution is 2.30. The van der Waals surface area contributed by atoms with Crippen LogP contribution < -0.4 is 21.5 Å². The van der Waals surface area contributed by atoms with Gasteiger partial charge in [-0.1, -0.05) is 60.7 Å². The van der Waals surface area contributed by atoms with Crippen LogP contribution in [0.2, 0.25) is 0 Å². The highest BCUT2D eigenvalue weighted by Gasteiger charge is 2.27. The Morgan fingerprint density at radius 3 is 2.63 bits per heavy atom. The molecule has 30 heavy (non-hydrogen) atoms. The molecule has 0 spiro atoms. The van der Waals surface area contributed by atoms with Crippen molar-refractivity contribution in [2.24, 2.45) is 0 Å². The van der Waals surface area contributed by atoms with Gasteiger partial charge in [0, 0.05) is 24.3 Å². The van der Waals surface area contributed by atoms with E-state index in [1.807, 2.05) is 18.2 Å². The summed E-state index contributed by atoms with van der Waals surface area (Å²) in [5, 5.41) is 15.5. The molecule has 0 aromatic heterocycles. The Morgan fingerprint density at radius 2 is 1.80 bits per heavy atom. The molecule has 1 aliphatic heterocycles. The Labute approximate surface area is 177 Å². The lowest BCUT2D eigenvalue weighted by atomic mass is 9.96. The number of hydrogen-bond donors (Lipinski definition) is 5. The number of aliphatic hydroxyl groups is 1. The van der Waals surface area contributed by atoms with Gasteiger partial charge < -0.3 is 20.5 Å². The third-order valence-electron chi connectivity index (χ3n) is 5.20. The molecular weight excluding hydrogens is 376 g/mol. The van der Waals surface area contributed by atoms with Gasteiger partial charge in [0.05, 0.1) is 6.61 Å². The van der Waals surface area contributed by atoms with Crippen LogP contribution in [0, 0.1) is 6.92 Å². The Kier molecular flexibility index (Phi) is 6.74. The van der Waals surface area contributed by atoms with Crippen molar-refractivity contribution in [3.63, 3.8) is 0 Å². The molecule has 2 atom stereocenters. The standard InChI is InChI=1S/C24H28N4O2/c1-17-21(19-8-3-2-4-9-19)11-6-12-22(17)23-27-28-24(30-23)26-20-10-5-7-18(15-20)16-25-13-14-29/h2-12,15,23-29H,13-14,16H2,1H3/t23-,24+/m0/s1. The van der Waals surface area contributed by atoms with E-state index in [1.54, 1.807) is 0 Å². The Balaban J connectivity index is 1.42. The lowest BCUT2D eigenvalue weighted by Gasteiger charge is -2.18. The molecule has 156 valence electrons. The summed E-state index contributed by atoms with van der Waals surface area (Å²) < 4.78 is 6.18. The second-order valence-corrected chi connectivity index (χ2v) is 7.32. The number of hydrogen-bond acceptors (Lipinski definition) is 6. The van der Waals surface area contributed by atoms with Gasteiger partial charge in [0.25, 0.3) is 0 Å². The van der Waals surface area contributed by atoms with Crippen molar-refractivity contribution in [2.75, 3.05) is 18.5 Å². The van der Waals surface area contributed by atoms with E-state index in [9.17, 15) is 0 Å². The lowest BCUT2D eigenvalue weighted by molar-refractivity contribution is 0.0503. The summed E-state index contributed by atoms with van der Waals surface area (Å²) in [5.74, 6) is 0. The van der Waals surface area contributed by atoms with E-state index < -0.39 is 0 Å². The monoisotopic (exact) mass is 404 g/mol. The first-order valence-corrected chi connectivity index (χ1v) is 10.2. The Bertz CT molecular complexity index is 964. The smallest absolute Gasteiger partial charge is 0.199 e. The fraction of sp³-hybridized carbons (Fsp3) is 0.250. The Morgan fingerprint density at radius 1 is 0.967 bits per heavy atom. The molecule has 0 aliphatic carbocycles. The summed E-state index contributed by atoms with van der Waals surface area (Å²) in [5.41, 5.74) is 13.2. The quantitative estimate of drug-likeness (QED) is 0.371. The highest BCUT2D eigenvalue weighted by atomic mass is 16.6. The van der Waals surface area contributed by atoms with E-state index >= 15 is 0 Å². The van der Waals surface area contributed by atoms with Crippen molar-refractivity contribution in [3.8, 4) is 11.1 Å². The first-order chi connectivity index (χ1) is 14.7. The molecule has 3 aromatic rings. The first-order valence-electron chi connectivity index (χ1n) is 10.2. The van der Waals surface area contributed by atoms with Gasteiger partial charge in [-0.15, -0.1) is 0 Å². The molecular formula is C24H28N4O2. The zero-order valence-corrected chi connectivity index (χ0v) is 17.1. The number of nitrogens with one attached hydrogen (secondary N) is 4. The highest BCUT2D eigenvalue weighted by molar-refractivity contribution is 5.68. The summed E-state index contributed by atoms with van der Waals surface area (Å²) in [4.78, 5) is 0. The summed E-state index contributed by atoms with van der Waals surface area (Å²) in [7, 11) is 0. The average molecular weight is 405 g/mol. The number of ether oxygens (including phenoxy) is 1. The minimum absolute atomic E-state index is 0.135. The molecule has 5 N–H and O–H groups in total. The van der Waals surface area contributed by atoms with E-state index in [0.29, 0.717) is 13.1 Å². The molecule has 1 aliphatic rings. The molecule has 4 rings (SSSR count). The van der Waals surface area contributed by atoms with E-state index in [4.69, 9.17) is 9.84 Å². The van der Waals surface area contributed by atoms with Crippen molar-refractivity contribution >= 4 is 5.69 Å². The van der Waals surface area contributed by atoms with Gasteiger partial charge in [0.1, 0.15) is 0 Å². The summed E-state index contributed by atoms with van der Waals surface area (Å²) in [6.45, 7) is 3.56. The lowest BCUT2D eigenvalue weighted by Crippen LogP contribution is -2.36. The Hall–Kier alpha value is -2.74. The number of benzene rings is 3.